The van der Waals surface area contributed by atoms with E-state index in [1.807, 2.05) is 0 Å². The van der Waals surface area contributed by atoms with Crippen LogP contribution in [-0.2, 0) is 14.8 Å². The second-order valence-electron chi connectivity index (χ2n) is 7.20. The number of nitrogens with two attached hydrogens (primary N) is 1. The number of hydrogen-bond acceptors (Lipinski definition) is 5. The molecule has 0 aromatic heterocycles. The molecule has 150 valence electrons. The summed E-state index contributed by atoms with van der Waals surface area (Å²) in [7, 11) is -3.75. The van der Waals surface area contributed by atoms with Gasteiger partial charge in [0.25, 0.3) is 5.91 Å². The Labute approximate surface area is 165 Å². The van der Waals surface area contributed by atoms with Crippen molar-refractivity contribution in [1.82, 2.24) is 14.5 Å². The van der Waals surface area contributed by atoms with Crippen LogP contribution in [0.25, 0.3) is 0 Å². The molecule has 10 heteroatoms. The third kappa shape index (κ3) is 4.43. The average Bonchev–Trinajstić information content (AvgIpc) is 3.04. The Morgan fingerprint density at radius 2 is 1.93 bits per heavy atom. The quantitative estimate of drug-likeness (QED) is 0.719. The van der Waals surface area contributed by atoms with Crippen LogP contribution in [0.3, 0.4) is 0 Å². The SMILES string of the molecule is CC1(CN)CCN(C(=O)c2ccc(S(=O)(=O)N3CCNC(=O)C3)cc2)C1.Cl. The third-order valence-electron chi connectivity index (χ3n) is 5.08. The van der Waals surface area contributed by atoms with Crippen LogP contribution < -0.4 is 11.1 Å². The highest BCUT2D eigenvalue weighted by molar-refractivity contribution is 7.89. The fourth-order valence-corrected chi connectivity index (χ4v) is 4.68. The lowest BCUT2D eigenvalue weighted by atomic mass is 9.90. The van der Waals surface area contributed by atoms with Crippen molar-refractivity contribution in [2.45, 2.75) is 18.2 Å². The van der Waals surface area contributed by atoms with Gasteiger partial charge in [-0.05, 0) is 42.6 Å². The summed E-state index contributed by atoms with van der Waals surface area (Å²) in [6, 6.07) is 5.90. The number of rotatable bonds is 4. The van der Waals surface area contributed by atoms with Gasteiger partial charge >= 0.3 is 0 Å². The molecule has 2 amide bonds. The van der Waals surface area contributed by atoms with Gasteiger partial charge in [0.05, 0.1) is 11.4 Å². The van der Waals surface area contributed by atoms with Crippen LogP contribution in [0.5, 0.6) is 0 Å². The van der Waals surface area contributed by atoms with Crippen molar-refractivity contribution in [1.29, 1.82) is 0 Å². The number of piperazine rings is 1. The Kier molecular flexibility index (Phi) is 6.51. The lowest BCUT2D eigenvalue weighted by Crippen LogP contribution is -2.49. The highest BCUT2D eigenvalue weighted by Crippen LogP contribution is 2.29. The number of benzene rings is 1. The molecule has 0 bridgehead atoms. The number of likely N-dealkylation sites (tertiary alicyclic amines) is 1. The zero-order chi connectivity index (χ0) is 18.9. The number of halogens is 1. The van der Waals surface area contributed by atoms with Gasteiger partial charge in [-0.2, -0.15) is 4.31 Å². The van der Waals surface area contributed by atoms with E-state index in [2.05, 4.69) is 12.2 Å². The van der Waals surface area contributed by atoms with Crippen LogP contribution in [0.15, 0.2) is 29.2 Å². The zero-order valence-electron chi connectivity index (χ0n) is 15.2. The van der Waals surface area contributed by atoms with E-state index in [9.17, 15) is 18.0 Å². The van der Waals surface area contributed by atoms with Gasteiger partial charge in [-0.25, -0.2) is 8.42 Å². The summed E-state index contributed by atoms with van der Waals surface area (Å²) >= 11 is 0. The van der Waals surface area contributed by atoms with Crippen LogP contribution in [-0.4, -0.2) is 68.7 Å². The van der Waals surface area contributed by atoms with Crippen LogP contribution in [0, 0.1) is 5.41 Å². The molecule has 0 aliphatic carbocycles. The highest BCUT2D eigenvalue weighted by atomic mass is 35.5. The van der Waals surface area contributed by atoms with E-state index in [1.165, 1.54) is 24.3 Å². The number of hydrogen-bond donors (Lipinski definition) is 2. The van der Waals surface area contributed by atoms with E-state index in [-0.39, 0.29) is 47.6 Å². The number of amides is 2. The van der Waals surface area contributed by atoms with Gasteiger partial charge in [0.15, 0.2) is 0 Å². The maximum Gasteiger partial charge on any atom is 0.253 e. The lowest BCUT2D eigenvalue weighted by molar-refractivity contribution is -0.122. The molecule has 2 aliphatic heterocycles. The second kappa shape index (κ2) is 8.14. The highest BCUT2D eigenvalue weighted by Gasteiger charge is 2.35. The Balaban J connectivity index is 0.00000261. The summed E-state index contributed by atoms with van der Waals surface area (Å²) in [6.07, 6.45) is 0.860. The van der Waals surface area contributed by atoms with Crippen LogP contribution in [0.1, 0.15) is 23.7 Å². The van der Waals surface area contributed by atoms with Crippen LogP contribution >= 0.6 is 12.4 Å². The van der Waals surface area contributed by atoms with Crippen LogP contribution in [0.2, 0.25) is 0 Å². The summed E-state index contributed by atoms with van der Waals surface area (Å²) in [4.78, 5) is 25.9. The predicted octanol–water partition coefficient (Wildman–Crippen LogP) is 0.0398. The Bertz CT molecular complexity index is 815. The first-order valence-electron chi connectivity index (χ1n) is 8.61. The molecular weight excluding hydrogens is 392 g/mol. The minimum Gasteiger partial charge on any atom is -0.354 e. The molecule has 2 aliphatic rings. The summed E-state index contributed by atoms with van der Waals surface area (Å²) in [5, 5.41) is 2.60. The predicted molar refractivity (Wildman–Crippen MR) is 103 cm³/mol. The van der Waals surface area contributed by atoms with E-state index in [0.29, 0.717) is 31.7 Å². The first-order valence-corrected chi connectivity index (χ1v) is 10.1. The average molecular weight is 417 g/mol. The standard InChI is InChI=1S/C17H24N4O4S.ClH/c1-17(11-18)6-8-20(12-17)16(23)13-2-4-14(5-3-13)26(24,25)21-9-7-19-15(22)10-21;/h2-5H,6-12,18H2,1H3,(H,19,22);1H. The van der Waals surface area contributed by atoms with Crippen molar-refractivity contribution in [3.05, 3.63) is 29.8 Å². The summed E-state index contributed by atoms with van der Waals surface area (Å²) in [5.41, 5.74) is 6.16. The summed E-state index contributed by atoms with van der Waals surface area (Å²) in [6.45, 7) is 4.18. The van der Waals surface area contributed by atoms with Gasteiger partial charge < -0.3 is 16.0 Å². The number of sulfonamides is 1. The lowest BCUT2D eigenvalue weighted by Gasteiger charge is -2.26. The first-order chi connectivity index (χ1) is 12.2. The van der Waals surface area contributed by atoms with E-state index in [1.54, 1.807) is 4.90 Å². The molecule has 1 aromatic rings. The van der Waals surface area contributed by atoms with E-state index >= 15 is 0 Å². The maximum atomic E-state index is 12.6. The van der Waals surface area contributed by atoms with Gasteiger partial charge in [0.1, 0.15) is 0 Å². The molecule has 0 spiro atoms. The zero-order valence-corrected chi connectivity index (χ0v) is 16.8. The number of carbonyl (C=O) groups is 2. The largest absolute Gasteiger partial charge is 0.354 e. The molecule has 3 N–H and O–H groups in total. The third-order valence-corrected chi connectivity index (χ3v) is 6.94. The Hall–Kier alpha value is -1.68. The monoisotopic (exact) mass is 416 g/mol. The van der Waals surface area contributed by atoms with Gasteiger partial charge in [-0.3, -0.25) is 9.59 Å². The molecule has 1 aromatic carbocycles. The topological polar surface area (TPSA) is 113 Å². The summed E-state index contributed by atoms with van der Waals surface area (Å²) in [5.74, 6) is -0.438. The molecule has 1 atom stereocenters. The number of nitrogens with zero attached hydrogens (tertiary/aromatic N) is 2. The molecule has 0 radical (unpaired) electrons. The van der Waals surface area contributed by atoms with Crippen molar-refractivity contribution in [2.75, 3.05) is 39.3 Å². The van der Waals surface area contributed by atoms with Crippen molar-refractivity contribution in [3.63, 3.8) is 0 Å². The molecule has 1 unspecified atom stereocenters. The van der Waals surface area contributed by atoms with E-state index in [4.69, 9.17) is 5.73 Å². The minimum absolute atomic E-state index is 0. The normalized spacial score (nSPS) is 23.6. The molecule has 8 nitrogen and oxygen atoms in total. The Morgan fingerprint density at radius 3 is 2.48 bits per heavy atom. The number of carbonyl (C=O) groups excluding carboxylic acids is 2. The van der Waals surface area contributed by atoms with Gasteiger partial charge in [0, 0.05) is 31.7 Å². The van der Waals surface area contributed by atoms with E-state index < -0.39 is 10.0 Å². The van der Waals surface area contributed by atoms with Crippen molar-refractivity contribution in [3.8, 4) is 0 Å². The first kappa shape index (κ1) is 21.6. The molecule has 2 fully saturated rings. The molecular formula is C17H25ClN4O4S. The fourth-order valence-electron chi connectivity index (χ4n) is 3.29. The second-order valence-corrected chi connectivity index (χ2v) is 9.14. The smallest absolute Gasteiger partial charge is 0.253 e. The number of nitrogens with one attached hydrogen (secondary N) is 1. The molecule has 3 rings (SSSR count). The van der Waals surface area contributed by atoms with E-state index in [0.717, 1.165) is 10.7 Å². The fraction of sp³-hybridized carbons (Fsp3) is 0.529. The van der Waals surface area contributed by atoms with Crippen molar-refractivity contribution < 1.29 is 18.0 Å². The van der Waals surface area contributed by atoms with Gasteiger partial charge in [-0.1, -0.05) is 6.92 Å². The van der Waals surface area contributed by atoms with Crippen molar-refractivity contribution in [2.24, 2.45) is 11.1 Å². The van der Waals surface area contributed by atoms with Crippen LogP contribution in [0.4, 0.5) is 0 Å². The maximum absolute atomic E-state index is 12.6. The molecule has 2 heterocycles. The van der Waals surface area contributed by atoms with Crippen molar-refractivity contribution >= 4 is 34.2 Å². The molecule has 0 saturated carbocycles. The Morgan fingerprint density at radius 1 is 1.26 bits per heavy atom. The molecule has 2 saturated heterocycles. The molecule has 27 heavy (non-hydrogen) atoms. The van der Waals surface area contributed by atoms with Gasteiger partial charge in [0.2, 0.25) is 15.9 Å². The summed E-state index contributed by atoms with van der Waals surface area (Å²) < 4.78 is 26.4. The van der Waals surface area contributed by atoms with Gasteiger partial charge in [-0.15, -0.1) is 12.4 Å². The minimum atomic E-state index is -3.75.